The van der Waals surface area contributed by atoms with Crippen molar-refractivity contribution < 1.29 is 5.11 Å². The van der Waals surface area contributed by atoms with E-state index in [0.717, 1.165) is 68.8 Å². The van der Waals surface area contributed by atoms with E-state index in [0.29, 0.717) is 5.75 Å². The monoisotopic (exact) mass is 387 g/mol. The van der Waals surface area contributed by atoms with Crippen LogP contribution in [0, 0.1) is 0 Å². The number of hydrogen-bond donors (Lipinski definition) is 2. The lowest BCUT2D eigenvalue weighted by Gasteiger charge is -2.37. The first-order chi connectivity index (χ1) is 13.2. The van der Waals surface area contributed by atoms with Gasteiger partial charge in [-0.15, -0.1) is 11.3 Å². The van der Waals surface area contributed by atoms with Gasteiger partial charge in [-0.1, -0.05) is 19.1 Å². The van der Waals surface area contributed by atoms with Crippen molar-refractivity contribution in [3.63, 3.8) is 0 Å². The Bertz CT molecular complexity index is 752. The highest BCUT2D eigenvalue weighted by atomic mass is 32.1. The highest BCUT2D eigenvalue weighted by Gasteiger charge is 2.21. The van der Waals surface area contributed by atoms with Gasteiger partial charge in [0.15, 0.2) is 5.96 Å². The molecule has 0 saturated carbocycles. The van der Waals surface area contributed by atoms with Crippen LogP contribution in [0.2, 0.25) is 0 Å². The SMILES string of the molecule is CCNC(=NCCc1ncc(CC)s1)N1CCN(c2ccccc2O)CC1. The predicted octanol–water partition coefficient (Wildman–Crippen LogP) is 2.74. The Labute approximate surface area is 165 Å². The lowest BCUT2D eigenvalue weighted by atomic mass is 10.2. The van der Waals surface area contributed by atoms with Crippen LogP contribution in [0.4, 0.5) is 5.69 Å². The third-order valence-electron chi connectivity index (χ3n) is 4.67. The molecular formula is C20H29N5OS. The number of nitrogens with one attached hydrogen (secondary N) is 1. The maximum atomic E-state index is 10.1. The second kappa shape index (κ2) is 9.60. The average Bonchev–Trinajstić information content (AvgIpc) is 3.16. The van der Waals surface area contributed by atoms with Gasteiger partial charge in [0, 0.05) is 56.8 Å². The standard InChI is InChI=1S/C20H29N5OS/c1-3-16-15-23-19(27-16)9-10-22-20(21-4-2)25-13-11-24(12-14-25)17-7-5-6-8-18(17)26/h5-8,15,26H,3-4,9-14H2,1-2H3,(H,21,22). The minimum absolute atomic E-state index is 0.349. The summed E-state index contributed by atoms with van der Waals surface area (Å²) in [4.78, 5) is 15.2. The molecule has 27 heavy (non-hydrogen) atoms. The maximum absolute atomic E-state index is 10.1. The van der Waals surface area contributed by atoms with Crippen molar-refractivity contribution in [3.05, 3.63) is 40.3 Å². The number of anilines is 1. The molecule has 1 aromatic carbocycles. The fourth-order valence-electron chi connectivity index (χ4n) is 3.20. The number of benzene rings is 1. The Morgan fingerprint density at radius 1 is 1.22 bits per heavy atom. The molecule has 0 radical (unpaired) electrons. The second-order valence-electron chi connectivity index (χ2n) is 6.52. The van der Waals surface area contributed by atoms with Crippen LogP contribution in [0.1, 0.15) is 23.7 Å². The third kappa shape index (κ3) is 5.13. The van der Waals surface area contributed by atoms with Crippen LogP contribution in [-0.4, -0.2) is 60.2 Å². The number of thiazole rings is 1. The topological polar surface area (TPSA) is 64.0 Å². The summed E-state index contributed by atoms with van der Waals surface area (Å²) in [6.45, 7) is 9.38. The number of aromatic nitrogens is 1. The van der Waals surface area contributed by atoms with Gasteiger partial charge in [0.2, 0.25) is 0 Å². The molecule has 2 heterocycles. The van der Waals surface area contributed by atoms with E-state index in [9.17, 15) is 5.11 Å². The van der Waals surface area contributed by atoms with E-state index in [1.807, 2.05) is 24.4 Å². The summed E-state index contributed by atoms with van der Waals surface area (Å²) in [5.74, 6) is 1.32. The average molecular weight is 388 g/mol. The fourth-order valence-corrected chi connectivity index (χ4v) is 4.05. The molecular weight excluding hydrogens is 358 g/mol. The summed E-state index contributed by atoms with van der Waals surface area (Å²) in [5.41, 5.74) is 0.912. The van der Waals surface area contributed by atoms with Gasteiger partial charge < -0.3 is 20.2 Å². The van der Waals surface area contributed by atoms with Crippen LogP contribution < -0.4 is 10.2 Å². The van der Waals surface area contributed by atoms with Crippen molar-refractivity contribution in [1.82, 2.24) is 15.2 Å². The number of aryl methyl sites for hydroxylation is 1. The first kappa shape index (κ1) is 19.5. The molecule has 2 N–H and O–H groups in total. The number of guanidine groups is 1. The molecule has 0 amide bonds. The van der Waals surface area contributed by atoms with Crippen molar-refractivity contribution >= 4 is 23.0 Å². The van der Waals surface area contributed by atoms with Crippen molar-refractivity contribution in [2.45, 2.75) is 26.7 Å². The molecule has 1 aromatic heterocycles. The van der Waals surface area contributed by atoms with E-state index in [-0.39, 0.29) is 0 Å². The van der Waals surface area contributed by atoms with Crippen molar-refractivity contribution in [1.29, 1.82) is 0 Å². The van der Waals surface area contributed by atoms with E-state index >= 15 is 0 Å². The largest absolute Gasteiger partial charge is 0.506 e. The number of nitrogens with zero attached hydrogens (tertiary/aromatic N) is 4. The summed E-state index contributed by atoms with van der Waals surface area (Å²) in [5, 5.41) is 14.6. The number of phenolic OH excluding ortho intramolecular Hbond substituents is 1. The van der Waals surface area contributed by atoms with Gasteiger partial charge in [-0.05, 0) is 25.5 Å². The lowest BCUT2D eigenvalue weighted by Crippen LogP contribution is -2.52. The smallest absolute Gasteiger partial charge is 0.194 e. The maximum Gasteiger partial charge on any atom is 0.194 e. The number of para-hydroxylation sites is 2. The molecule has 0 unspecified atom stereocenters. The highest BCUT2D eigenvalue weighted by molar-refractivity contribution is 7.11. The zero-order valence-corrected chi connectivity index (χ0v) is 17.0. The molecule has 1 aliphatic heterocycles. The van der Waals surface area contributed by atoms with Crippen LogP contribution in [0.3, 0.4) is 0 Å². The molecule has 0 aliphatic carbocycles. The Balaban J connectivity index is 1.56. The summed E-state index contributed by atoms with van der Waals surface area (Å²) >= 11 is 1.79. The summed E-state index contributed by atoms with van der Waals surface area (Å²) in [7, 11) is 0. The molecule has 0 spiro atoms. The molecule has 7 heteroatoms. The molecule has 6 nitrogen and oxygen atoms in total. The van der Waals surface area contributed by atoms with Gasteiger partial charge in [0.05, 0.1) is 10.7 Å². The van der Waals surface area contributed by atoms with Gasteiger partial charge in [-0.2, -0.15) is 0 Å². The zero-order valence-electron chi connectivity index (χ0n) is 16.2. The molecule has 0 bridgehead atoms. The molecule has 3 rings (SSSR count). The minimum Gasteiger partial charge on any atom is -0.506 e. The van der Waals surface area contributed by atoms with E-state index in [2.05, 4.69) is 33.9 Å². The van der Waals surface area contributed by atoms with Gasteiger partial charge in [0.25, 0.3) is 0 Å². The molecule has 146 valence electrons. The first-order valence-electron chi connectivity index (χ1n) is 9.71. The summed E-state index contributed by atoms with van der Waals surface area (Å²) in [6, 6.07) is 7.55. The molecule has 2 aromatic rings. The number of hydrogen-bond acceptors (Lipinski definition) is 5. The van der Waals surface area contributed by atoms with Gasteiger partial charge in [-0.3, -0.25) is 4.99 Å². The van der Waals surface area contributed by atoms with Crippen molar-refractivity contribution in [2.24, 2.45) is 4.99 Å². The Morgan fingerprint density at radius 2 is 2.00 bits per heavy atom. The first-order valence-corrected chi connectivity index (χ1v) is 10.5. The van der Waals surface area contributed by atoms with Crippen LogP contribution in [0.15, 0.2) is 35.5 Å². The lowest BCUT2D eigenvalue weighted by molar-refractivity contribution is 0.370. The highest BCUT2D eigenvalue weighted by Crippen LogP contribution is 2.27. The Morgan fingerprint density at radius 3 is 2.67 bits per heavy atom. The van der Waals surface area contributed by atoms with Crippen LogP contribution in [0.5, 0.6) is 5.75 Å². The van der Waals surface area contributed by atoms with Gasteiger partial charge in [-0.25, -0.2) is 4.98 Å². The Hall–Kier alpha value is -2.28. The normalized spacial score (nSPS) is 15.3. The molecule has 1 aliphatic rings. The molecule has 1 fully saturated rings. The van der Waals surface area contributed by atoms with Crippen LogP contribution in [0.25, 0.3) is 0 Å². The number of piperazine rings is 1. The number of aromatic hydroxyl groups is 1. The quantitative estimate of drug-likeness (QED) is 0.589. The van der Waals surface area contributed by atoms with E-state index in [4.69, 9.17) is 4.99 Å². The number of phenols is 1. The van der Waals surface area contributed by atoms with Gasteiger partial charge in [0.1, 0.15) is 5.75 Å². The minimum atomic E-state index is 0.349. The second-order valence-corrected chi connectivity index (χ2v) is 7.72. The van der Waals surface area contributed by atoms with Crippen molar-refractivity contribution in [2.75, 3.05) is 44.2 Å². The van der Waals surface area contributed by atoms with Crippen LogP contribution >= 0.6 is 11.3 Å². The molecule has 1 saturated heterocycles. The molecule has 0 atom stereocenters. The Kier molecular flexibility index (Phi) is 6.92. The zero-order chi connectivity index (χ0) is 19.1. The number of rotatable bonds is 6. The van der Waals surface area contributed by atoms with Gasteiger partial charge >= 0.3 is 0 Å². The van der Waals surface area contributed by atoms with E-state index in [1.165, 1.54) is 4.88 Å². The summed E-state index contributed by atoms with van der Waals surface area (Å²) < 4.78 is 0. The van der Waals surface area contributed by atoms with Crippen LogP contribution in [-0.2, 0) is 12.8 Å². The fraction of sp³-hybridized carbons (Fsp3) is 0.500. The van der Waals surface area contributed by atoms with E-state index in [1.54, 1.807) is 17.4 Å². The van der Waals surface area contributed by atoms with E-state index < -0.39 is 0 Å². The van der Waals surface area contributed by atoms with Crippen molar-refractivity contribution in [3.8, 4) is 5.75 Å². The summed E-state index contributed by atoms with van der Waals surface area (Å²) in [6.07, 6.45) is 3.91. The third-order valence-corrected chi connectivity index (χ3v) is 5.88. The number of aliphatic imine (C=N–C) groups is 1. The predicted molar refractivity (Wildman–Crippen MR) is 113 cm³/mol.